The second kappa shape index (κ2) is 10.5. The third-order valence-corrected chi connectivity index (χ3v) is 9.73. The molecule has 0 saturated heterocycles. The lowest BCUT2D eigenvalue weighted by Crippen LogP contribution is -1.95. The van der Waals surface area contributed by atoms with Gasteiger partial charge in [0.1, 0.15) is 0 Å². The van der Waals surface area contributed by atoms with Gasteiger partial charge in [0.05, 0.1) is 22.1 Å². The van der Waals surface area contributed by atoms with Crippen molar-refractivity contribution in [3.8, 4) is 33.6 Å². The molecule has 9 rings (SSSR count). The van der Waals surface area contributed by atoms with Gasteiger partial charge in [0, 0.05) is 36.5 Å². The van der Waals surface area contributed by atoms with Gasteiger partial charge in [-0.15, -0.1) is 0 Å². The summed E-state index contributed by atoms with van der Waals surface area (Å²) in [5, 5.41) is 5.13. The maximum absolute atomic E-state index is 2.42. The van der Waals surface area contributed by atoms with Crippen LogP contribution in [-0.2, 0) is 0 Å². The third-order valence-electron chi connectivity index (χ3n) is 9.01. The Morgan fingerprint density at radius 1 is 0.311 bits per heavy atom. The Bertz CT molecular complexity index is 2500. The van der Waals surface area contributed by atoms with Crippen molar-refractivity contribution in [2.75, 3.05) is 0 Å². The molecular formula is C42H27IN2. The SMILES string of the molecule is Ic1ccc(-n2c3ccccc3c3c4c5ccccc5n(-c5ccc(-c6ccc(-c7ccccc7)cc6)cc5)c4ccc32)cc1. The molecular weight excluding hydrogens is 659 g/mol. The largest absolute Gasteiger partial charge is 0.309 e. The number of aromatic nitrogens is 2. The Kier molecular flexibility index (Phi) is 6.13. The van der Waals surface area contributed by atoms with E-state index in [0.717, 1.165) is 5.69 Å². The molecule has 0 unspecified atom stereocenters. The van der Waals surface area contributed by atoms with Crippen molar-refractivity contribution in [3.63, 3.8) is 0 Å². The smallest absolute Gasteiger partial charge is 0.0548 e. The quantitative estimate of drug-likeness (QED) is 0.163. The van der Waals surface area contributed by atoms with Crippen molar-refractivity contribution in [2.45, 2.75) is 0 Å². The van der Waals surface area contributed by atoms with E-state index in [2.05, 4.69) is 196 Å². The number of hydrogen-bond acceptors (Lipinski definition) is 0. The number of rotatable bonds is 4. The summed E-state index contributed by atoms with van der Waals surface area (Å²) in [6.45, 7) is 0. The molecule has 212 valence electrons. The lowest BCUT2D eigenvalue weighted by atomic mass is 10.0. The summed E-state index contributed by atoms with van der Waals surface area (Å²) < 4.78 is 6.06. The molecule has 0 bridgehead atoms. The van der Waals surface area contributed by atoms with Gasteiger partial charge in [0.15, 0.2) is 0 Å². The summed E-state index contributed by atoms with van der Waals surface area (Å²) in [5.41, 5.74) is 12.1. The standard InChI is InChI=1S/C42H27IN2/c43-32-20-24-34(25-21-32)45-38-13-7-5-11-36(38)42-40(45)27-26-39-41(42)35-10-4-6-12-37(35)44(39)33-22-18-31(19-23-33)30-16-14-29(15-17-30)28-8-2-1-3-9-28/h1-27H. The van der Waals surface area contributed by atoms with Gasteiger partial charge in [0.25, 0.3) is 0 Å². The molecule has 0 fully saturated rings. The first-order chi connectivity index (χ1) is 22.2. The maximum Gasteiger partial charge on any atom is 0.0548 e. The first-order valence-electron chi connectivity index (χ1n) is 15.2. The first-order valence-corrected chi connectivity index (χ1v) is 16.3. The van der Waals surface area contributed by atoms with Gasteiger partial charge in [-0.1, -0.05) is 103 Å². The Morgan fingerprint density at radius 2 is 0.689 bits per heavy atom. The molecule has 2 heterocycles. The zero-order valence-corrected chi connectivity index (χ0v) is 26.5. The monoisotopic (exact) mass is 686 g/mol. The molecule has 0 aliphatic rings. The van der Waals surface area contributed by atoms with E-state index >= 15 is 0 Å². The molecule has 0 amide bonds. The van der Waals surface area contributed by atoms with Gasteiger partial charge < -0.3 is 9.13 Å². The Morgan fingerprint density at radius 3 is 1.18 bits per heavy atom. The fourth-order valence-corrected chi connectivity index (χ4v) is 7.31. The molecule has 0 radical (unpaired) electrons. The van der Waals surface area contributed by atoms with Gasteiger partial charge in [-0.2, -0.15) is 0 Å². The van der Waals surface area contributed by atoms with Crippen LogP contribution in [0.3, 0.4) is 0 Å². The number of benzene rings is 7. The van der Waals surface area contributed by atoms with Gasteiger partial charge >= 0.3 is 0 Å². The van der Waals surface area contributed by atoms with Crippen LogP contribution in [0.5, 0.6) is 0 Å². The predicted octanol–water partition coefficient (Wildman–Crippen LogP) is 11.8. The van der Waals surface area contributed by atoms with Crippen LogP contribution in [0.1, 0.15) is 0 Å². The van der Waals surface area contributed by atoms with E-state index in [9.17, 15) is 0 Å². The molecule has 2 aromatic heterocycles. The minimum atomic E-state index is 1.16. The van der Waals surface area contributed by atoms with Crippen LogP contribution in [0, 0.1) is 3.57 Å². The van der Waals surface area contributed by atoms with E-state index in [1.54, 1.807) is 0 Å². The molecule has 0 saturated carbocycles. The molecule has 0 aliphatic heterocycles. The highest BCUT2D eigenvalue weighted by molar-refractivity contribution is 14.1. The highest BCUT2D eigenvalue weighted by Crippen LogP contribution is 2.42. The maximum atomic E-state index is 2.42. The molecule has 0 spiro atoms. The van der Waals surface area contributed by atoms with Gasteiger partial charge in [-0.05, 0) is 106 Å². The molecule has 0 atom stereocenters. The Hall–Kier alpha value is -5.13. The van der Waals surface area contributed by atoms with Crippen molar-refractivity contribution in [1.29, 1.82) is 0 Å². The van der Waals surface area contributed by atoms with Crippen molar-refractivity contribution >= 4 is 66.2 Å². The topological polar surface area (TPSA) is 9.86 Å². The van der Waals surface area contributed by atoms with E-state index in [1.165, 1.54) is 75.1 Å². The highest BCUT2D eigenvalue weighted by atomic mass is 127. The normalized spacial score (nSPS) is 11.7. The van der Waals surface area contributed by atoms with Crippen LogP contribution in [0.25, 0.3) is 77.2 Å². The summed E-state index contributed by atoms with van der Waals surface area (Å²) in [7, 11) is 0. The zero-order valence-electron chi connectivity index (χ0n) is 24.4. The zero-order chi connectivity index (χ0) is 29.9. The van der Waals surface area contributed by atoms with Gasteiger partial charge in [-0.3, -0.25) is 0 Å². The van der Waals surface area contributed by atoms with Crippen LogP contribution in [0.4, 0.5) is 0 Å². The average molecular weight is 687 g/mol. The number of halogens is 1. The van der Waals surface area contributed by atoms with Crippen LogP contribution in [0.15, 0.2) is 164 Å². The lowest BCUT2D eigenvalue weighted by Gasteiger charge is -2.11. The van der Waals surface area contributed by atoms with E-state index in [0.29, 0.717) is 0 Å². The lowest BCUT2D eigenvalue weighted by molar-refractivity contribution is 1.17. The van der Waals surface area contributed by atoms with Crippen LogP contribution >= 0.6 is 22.6 Å². The number of fused-ring (bicyclic) bond motifs is 7. The minimum absolute atomic E-state index is 1.16. The average Bonchev–Trinajstić information content (AvgIpc) is 3.62. The second-order valence-electron chi connectivity index (χ2n) is 11.5. The summed E-state index contributed by atoms with van der Waals surface area (Å²) in [6.07, 6.45) is 0. The molecule has 7 aromatic carbocycles. The van der Waals surface area contributed by atoms with Gasteiger partial charge in [0.2, 0.25) is 0 Å². The fraction of sp³-hybridized carbons (Fsp3) is 0. The van der Waals surface area contributed by atoms with Crippen molar-refractivity contribution < 1.29 is 0 Å². The number of nitrogens with zero attached hydrogens (tertiary/aromatic N) is 2. The van der Waals surface area contributed by atoms with Crippen LogP contribution < -0.4 is 0 Å². The van der Waals surface area contributed by atoms with Crippen molar-refractivity contribution in [3.05, 3.63) is 167 Å². The van der Waals surface area contributed by atoms with E-state index in [1.807, 2.05) is 0 Å². The summed E-state index contributed by atoms with van der Waals surface area (Å²) in [5.74, 6) is 0. The molecule has 0 aliphatic carbocycles. The van der Waals surface area contributed by atoms with Crippen LogP contribution in [-0.4, -0.2) is 9.13 Å². The fourth-order valence-electron chi connectivity index (χ4n) is 6.95. The Balaban J connectivity index is 1.22. The summed E-state index contributed by atoms with van der Waals surface area (Å²) in [6, 6.07) is 59.4. The van der Waals surface area contributed by atoms with Crippen molar-refractivity contribution in [1.82, 2.24) is 9.13 Å². The molecule has 45 heavy (non-hydrogen) atoms. The van der Waals surface area contributed by atoms with E-state index in [4.69, 9.17) is 0 Å². The molecule has 9 aromatic rings. The van der Waals surface area contributed by atoms with E-state index in [-0.39, 0.29) is 0 Å². The summed E-state index contributed by atoms with van der Waals surface area (Å²) >= 11 is 2.38. The van der Waals surface area contributed by atoms with E-state index < -0.39 is 0 Å². The van der Waals surface area contributed by atoms with Gasteiger partial charge in [-0.25, -0.2) is 0 Å². The molecule has 2 nitrogen and oxygen atoms in total. The van der Waals surface area contributed by atoms with Crippen molar-refractivity contribution in [2.24, 2.45) is 0 Å². The molecule has 3 heteroatoms. The number of hydrogen-bond donors (Lipinski definition) is 0. The highest BCUT2D eigenvalue weighted by Gasteiger charge is 2.20. The van der Waals surface area contributed by atoms with Crippen LogP contribution in [0.2, 0.25) is 0 Å². The predicted molar refractivity (Wildman–Crippen MR) is 199 cm³/mol. The molecule has 0 N–H and O–H groups in total. The Labute approximate surface area is 274 Å². The first kappa shape index (κ1) is 26.3. The second-order valence-corrected chi connectivity index (χ2v) is 12.8. The summed E-state index contributed by atoms with van der Waals surface area (Å²) in [4.78, 5) is 0. The minimum Gasteiger partial charge on any atom is -0.309 e. The third kappa shape index (κ3) is 4.22. The number of para-hydroxylation sites is 2.